The Morgan fingerprint density at radius 2 is 2.05 bits per heavy atom. The van der Waals surface area contributed by atoms with E-state index in [9.17, 15) is 9.18 Å². The second-order valence-corrected chi connectivity index (χ2v) is 4.78. The summed E-state index contributed by atoms with van der Waals surface area (Å²) >= 11 is 5.74. The van der Waals surface area contributed by atoms with E-state index in [-0.39, 0.29) is 10.6 Å². The topological polar surface area (TPSA) is 60.9 Å². The molecule has 0 amide bonds. The smallest absolute Gasteiger partial charge is 0.284 e. The largest absolute Gasteiger partial charge is 0.354 e. The van der Waals surface area contributed by atoms with Gasteiger partial charge in [0.2, 0.25) is 0 Å². The van der Waals surface area contributed by atoms with Gasteiger partial charge in [-0.25, -0.2) is 4.39 Å². The van der Waals surface area contributed by atoms with Crippen LogP contribution in [0.2, 0.25) is 5.02 Å². The molecule has 0 N–H and O–H groups in total. The minimum Gasteiger partial charge on any atom is -0.354 e. The lowest BCUT2D eigenvalue weighted by Crippen LogP contribution is -2.22. The molecule has 20 heavy (non-hydrogen) atoms. The van der Waals surface area contributed by atoms with Crippen LogP contribution in [0.1, 0.15) is 11.4 Å². The third-order valence-corrected chi connectivity index (χ3v) is 3.28. The molecule has 0 aliphatic carbocycles. The van der Waals surface area contributed by atoms with Gasteiger partial charge >= 0.3 is 0 Å². The van der Waals surface area contributed by atoms with Gasteiger partial charge in [-0.3, -0.25) is 4.79 Å². The maximum atomic E-state index is 13.2. The fourth-order valence-corrected chi connectivity index (χ4v) is 2.18. The molecular formula is C13H9ClFN3O2. The number of nitrogens with zero attached hydrogens (tertiary/aromatic N) is 3. The summed E-state index contributed by atoms with van der Waals surface area (Å²) in [4.78, 5) is 12.4. The zero-order chi connectivity index (χ0) is 14.4. The second kappa shape index (κ2) is 4.42. The number of halogens is 2. The lowest BCUT2D eigenvalue weighted by molar-refractivity contribution is 0.447. The summed E-state index contributed by atoms with van der Waals surface area (Å²) in [7, 11) is 0. The van der Waals surface area contributed by atoms with Crippen LogP contribution in [0.3, 0.4) is 0 Å². The molecule has 3 aromatic rings. The van der Waals surface area contributed by atoms with Crippen molar-refractivity contribution in [1.82, 2.24) is 14.9 Å². The zero-order valence-corrected chi connectivity index (χ0v) is 11.4. The molecular weight excluding hydrogens is 285 g/mol. The lowest BCUT2D eigenvalue weighted by Gasteiger charge is -2.06. The molecule has 0 atom stereocenters. The number of hydrogen-bond acceptors (Lipinski definition) is 4. The zero-order valence-electron chi connectivity index (χ0n) is 10.6. The summed E-state index contributed by atoms with van der Waals surface area (Å²) in [6.45, 7) is 3.38. The van der Waals surface area contributed by atoms with E-state index in [1.807, 2.05) is 0 Å². The van der Waals surface area contributed by atoms with Crippen LogP contribution < -0.4 is 5.56 Å². The van der Waals surface area contributed by atoms with Crippen LogP contribution in [0.15, 0.2) is 27.5 Å². The molecule has 102 valence electrons. The van der Waals surface area contributed by atoms with Crippen molar-refractivity contribution >= 4 is 22.6 Å². The first-order chi connectivity index (χ1) is 9.49. The fraction of sp³-hybridized carbons (Fsp3) is 0.154. The molecule has 0 unspecified atom stereocenters. The molecule has 0 fully saturated rings. The molecule has 0 radical (unpaired) electrons. The molecule has 0 aliphatic rings. The summed E-state index contributed by atoms with van der Waals surface area (Å²) < 4.78 is 19.4. The van der Waals surface area contributed by atoms with Crippen molar-refractivity contribution in [3.05, 3.63) is 50.8 Å². The molecule has 0 bridgehead atoms. The van der Waals surface area contributed by atoms with Gasteiger partial charge in [0, 0.05) is 0 Å². The summed E-state index contributed by atoms with van der Waals surface area (Å²) in [6, 6.07) is 3.97. The van der Waals surface area contributed by atoms with Crippen LogP contribution in [-0.4, -0.2) is 14.9 Å². The Morgan fingerprint density at radius 1 is 1.30 bits per heavy atom. The maximum Gasteiger partial charge on any atom is 0.284 e. The second-order valence-electron chi connectivity index (χ2n) is 4.37. The van der Waals surface area contributed by atoms with Crippen LogP contribution >= 0.6 is 11.6 Å². The first-order valence-electron chi connectivity index (χ1n) is 5.80. The highest BCUT2D eigenvalue weighted by Crippen LogP contribution is 2.20. The number of benzene rings is 1. The molecule has 1 aromatic carbocycles. The van der Waals surface area contributed by atoms with E-state index >= 15 is 0 Å². The van der Waals surface area contributed by atoms with Gasteiger partial charge in [-0.2, -0.15) is 9.78 Å². The normalized spacial score (nSPS) is 11.2. The van der Waals surface area contributed by atoms with Crippen LogP contribution in [0.25, 0.3) is 16.7 Å². The minimum atomic E-state index is -0.553. The van der Waals surface area contributed by atoms with Gasteiger partial charge in [0.05, 0.1) is 16.4 Å². The predicted molar refractivity (Wildman–Crippen MR) is 71.8 cm³/mol. The number of aromatic nitrogens is 3. The third-order valence-electron chi connectivity index (χ3n) is 3.00. The van der Waals surface area contributed by atoms with E-state index in [2.05, 4.69) is 10.3 Å². The van der Waals surface area contributed by atoms with E-state index < -0.39 is 5.82 Å². The van der Waals surface area contributed by atoms with Crippen LogP contribution in [0.4, 0.5) is 4.39 Å². The fourth-order valence-electron chi connectivity index (χ4n) is 2.01. The van der Waals surface area contributed by atoms with Crippen molar-refractivity contribution in [2.45, 2.75) is 13.8 Å². The van der Waals surface area contributed by atoms with E-state index in [1.54, 1.807) is 13.8 Å². The molecule has 0 saturated carbocycles. The average Bonchev–Trinajstić information content (AvgIpc) is 2.80. The molecule has 0 saturated heterocycles. The number of fused-ring (bicyclic) bond motifs is 1. The monoisotopic (exact) mass is 293 g/mol. The van der Waals surface area contributed by atoms with Crippen molar-refractivity contribution < 1.29 is 8.91 Å². The standard InChI is InChI=1S/C13H9ClFN3O2/c1-6-11-12(20-17-6)7(2)16-18(13(11)19)8-3-4-10(15)9(14)5-8/h3-5H,1-2H3. The Bertz CT molecular complexity index is 885. The van der Waals surface area contributed by atoms with Crippen molar-refractivity contribution in [2.24, 2.45) is 0 Å². The quantitative estimate of drug-likeness (QED) is 0.692. The Balaban J connectivity index is 2.36. The van der Waals surface area contributed by atoms with E-state index in [4.69, 9.17) is 16.1 Å². The molecule has 0 aliphatic heterocycles. The van der Waals surface area contributed by atoms with Crippen molar-refractivity contribution in [3.8, 4) is 5.69 Å². The first kappa shape index (κ1) is 12.8. The maximum absolute atomic E-state index is 13.2. The van der Waals surface area contributed by atoms with Gasteiger partial charge in [-0.05, 0) is 32.0 Å². The van der Waals surface area contributed by atoms with Crippen LogP contribution in [0, 0.1) is 19.7 Å². The lowest BCUT2D eigenvalue weighted by atomic mass is 10.2. The molecule has 5 nitrogen and oxygen atoms in total. The third kappa shape index (κ3) is 1.80. The van der Waals surface area contributed by atoms with Gasteiger partial charge in [-0.15, -0.1) is 0 Å². The highest BCUT2D eigenvalue weighted by Gasteiger charge is 2.16. The van der Waals surface area contributed by atoms with E-state index in [1.165, 1.54) is 18.2 Å². The highest BCUT2D eigenvalue weighted by atomic mass is 35.5. The van der Waals surface area contributed by atoms with Crippen molar-refractivity contribution in [3.63, 3.8) is 0 Å². The Hall–Kier alpha value is -2.21. The van der Waals surface area contributed by atoms with Gasteiger partial charge < -0.3 is 4.52 Å². The summed E-state index contributed by atoms with van der Waals surface area (Å²) in [5.41, 5.74) is 1.36. The Kier molecular flexibility index (Phi) is 2.83. The molecule has 7 heteroatoms. The van der Waals surface area contributed by atoms with Crippen molar-refractivity contribution in [1.29, 1.82) is 0 Å². The van der Waals surface area contributed by atoms with Crippen LogP contribution in [0.5, 0.6) is 0 Å². The van der Waals surface area contributed by atoms with E-state index in [0.717, 1.165) is 4.68 Å². The molecule has 2 heterocycles. The average molecular weight is 294 g/mol. The predicted octanol–water partition coefficient (Wildman–Crippen LogP) is 2.78. The number of rotatable bonds is 1. The molecule has 3 rings (SSSR count). The van der Waals surface area contributed by atoms with Gasteiger partial charge in [0.25, 0.3) is 5.56 Å². The molecule has 2 aromatic heterocycles. The summed E-state index contributed by atoms with van der Waals surface area (Å²) in [5, 5.41) is 8.20. The first-order valence-corrected chi connectivity index (χ1v) is 6.18. The van der Waals surface area contributed by atoms with Crippen molar-refractivity contribution in [2.75, 3.05) is 0 Å². The minimum absolute atomic E-state index is 0.0732. The summed E-state index contributed by atoms with van der Waals surface area (Å²) in [6.07, 6.45) is 0. The van der Waals surface area contributed by atoms with Gasteiger partial charge in [0.1, 0.15) is 16.9 Å². The van der Waals surface area contributed by atoms with Gasteiger partial charge in [-0.1, -0.05) is 16.8 Å². The number of aryl methyl sites for hydroxylation is 2. The van der Waals surface area contributed by atoms with Crippen LogP contribution in [-0.2, 0) is 0 Å². The highest BCUT2D eigenvalue weighted by molar-refractivity contribution is 6.30. The Labute approximate surface area is 117 Å². The SMILES string of the molecule is Cc1nn(-c2ccc(F)c(Cl)c2)c(=O)c2c(C)noc12. The molecule has 0 spiro atoms. The number of hydrogen-bond donors (Lipinski definition) is 0. The Morgan fingerprint density at radius 3 is 2.75 bits per heavy atom. The van der Waals surface area contributed by atoms with E-state index in [0.29, 0.717) is 28.0 Å². The van der Waals surface area contributed by atoms with Gasteiger partial charge in [0.15, 0.2) is 5.58 Å². The summed E-state index contributed by atoms with van der Waals surface area (Å²) in [5.74, 6) is -0.553.